The maximum Gasteiger partial charge on any atom is 0.226 e. The Kier molecular flexibility index (Phi) is 6.08. The highest BCUT2D eigenvalue weighted by molar-refractivity contribution is 7.10. The summed E-state index contributed by atoms with van der Waals surface area (Å²) in [5.41, 5.74) is 0. The first-order chi connectivity index (χ1) is 11.2. The fraction of sp³-hybridized carbons (Fsp3) is 0.722. The Morgan fingerprint density at radius 3 is 2.70 bits per heavy atom. The summed E-state index contributed by atoms with van der Waals surface area (Å²) in [6, 6.07) is 3.96. The van der Waals surface area contributed by atoms with Crippen LogP contribution in [0.1, 0.15) is 49.5 Å². The average molecular weight is 337 g/mol. The predicted octanol–water partition coefficient (Wildman–Crippen LogP) is 2.90. The van der Waals surface area contributed by atoms with Crippen LogP contribution in [-0.4, -0.2) is 53.5 Å². The van der Waals surface area contributed by atoms with E-state index in [1.807, 2.05) is 17.5 Å². The minimum Gasteiger partial charge on any atom is -0.386 e. The van der Waals surface area contributed by atoms with E-state index in [-0.39, 0.29) is 5.92 Å². The number of amides is 1. The van der Waals surface area contributed by atoms with E-state index in [2.05, 4.69) is 9.80 Å². The lowest BCUT2D eigenvalue weighted by atomic mass is 9.96. The molecule has 2 aliphatic rings. The molecule has 3 rings (SSSR count). The van der Waals surface area contributed by atoms with E-state index in [4.69, 9.17) is 0 Å². The maximum atomic E-state index is 12.8. The Labute approximate surface area is 143 Å². The Morgan fingerprint density at radius 2 is 2.00 bits per heavy atom. The van der Waals surface area contributed by atoms with Crippen molar-refractivity contribution in [2.75, 3.05) is 32.7 Å². The molecule has 0 spiro atoms. The summed E-state index contributed by atoms with van der Waals surface area (Å²) in [5, 5.41) is 12.3. The van der Waals surface area contributed by atoms with E-state index >= 15 is 0 Å². The van der Waals surface area contributed by atoms with Crippen LogP contribution in [0.4, 0.5) is 0 Å². The fourth-order valence-corrected chi connectivity index (χ4v) is 4.49. The Hall–Kier alpha value is -0.910. The lowest BCUT2D eigenvalue weighted by molar-refractivity contribution is -0.137. The van der Waals surface area contributed by atoms with Gasteiger partial charge in [-0.25, -0.2) is 0 Å². The Balaban J connectivity index is 1.54. The first-order valence-corrected chi connectivity index (χ1v) is 9.84. The average Bonchev–Trinajstić information content (AvgIpc) is 2.97. The minimum absolute atomic E-state index is 0.123. The molecule has 4 nitrogen and oxygen atoms in total. The van der Waals surface area contributed by atoms with Crippen molar-refractivity contribution in [2.45, 2.75) is 44.6 Å². The van der Waals surface area contributed by atoms with E-state index in [0.717, 1.165) is 56.7 Å². The van der Waals surface area contributed by atoms with Gasteiger partial charge in [0.15, 0.2) is 0 Å². The van der Waals surface area contributed by atoms with Crippen LogP contribution in [0.25, 0.3) is 0 Å². The molecule has 1 amide bonds. The molecule has 2 fully saturated rings. The first-order valence-electron chi connectivity index (χ1n) is 8.96. The summed E-state index contributed by atoms with van der Waals surface area (Å²) >= 11 is 1.60. The van der Waals surface area contributed by atoms with E-state index in [1.165, 1.54) is 12.8 Å². The molecule has 0 aliphatic carbocycles. The fourth-order valence-electron chi connectivity index (χ4n) is 3.79. The lowest BCUT2D eigenvalue weighted by Gasteiger charge is -2.35. The molecule has 0 bridgehead atoms. The summed E-state index contributed by atoms with van der Waals surface area (Å²) in [6.45, 7) is 4.31. The number of likely N-dealkylation sites (tertiary alicyclic amines) is 2. The normalized spacial score (nSPS) is 25.1. The second-order valence-corrected chi connectivity index (χ2v) is 7.85. The number of aliphatic hydroxyl groups is 1. The van der Waals surface area contributed by atoms with Crippen LogP contribution < -0.4 is 0 Å². The van der Waals surface area contributed by atoms with Gasteiger partial charge in [0.25, 0.3) is 0 Å². The van der Waals surface area contributed by atoms with E-state index in [1.54, 1.807) is 11.3 Å². The third-order valence-electron chi connectivity index (χ3n) is 5.08. The highest BCUT2D eigenvalue weighted by Crippen LogP contribution is 2.25. The molecule has 23 heavy (non-hydrogen) atoms. The van der Waals surface area contributed by atoms with Crippen molar-refractivity contribution in [1.82, 2.24) is 9.80 Å². The van der Waals surface area contributed by atoms with Gasteiger partial charge >= 0.3 is 0 Å². The van der Waals surface area contributed by atoms with Crippen LogP contribution in [0.2, 0.25) is 0 Å². The van der Waals surface area contributed by atoms with Crippen LogP contribution in [0.15, 0.2) is 17.5 Å². The van der Waals surface area contributed by atoms with E-state index < -0.39 is 6.10 Å². The smallest absolute Gasteiger partial charge is 0.226 e. The molecule has 0 aromatic carbocycles. The van der Waals surface area contributed by atoms with Crippen molar-refractivity contribution in [1.29, 1.82) is 0 Å². The zero-order valence-electron chi connectivity index (χ0n) is 13.8. The number of hydrogen-bond donors (Lipinski definition) is 1. The summed E-state index contributed by atoms with van der Waals surface area (Å²) in [7, 11) is 0. The number of β-amino-alcohol motifs (C(OH)–C–C–N with tert-alkyl or cyclic N) is 1. The second-order valence-electron chi connectivity index (χ2n) is 6.87. The van der Waals surface area contributed by atoms with Crippen LogP contribution in [0, 0.1) is 5.92 Å². The van der Waals surface area contributed by atoms with Crippen molar-refractivity contribution in [3.05, 3.63) is 22.4 Å². The number of rotatable bonds is 4. The molecule has 2 unspecified atom stereocenters. The minimum atomic E-state index is -0.429. The molecular formula is C18H28N2O2S. The van der Waals surface area contributed by atoms with Crippen molar-refractivity contribution < 1.29 is 9.90 Å². The molecule has 128 valence electrons. The van der Waals surface area contributed by atoms with E-state index in [0.29, 0.717) is 12.5 Å². The zero-order valence-corrected chi connectivity index (χ0v) is 14.6. The van der Waals surface area contributed by atoms with Crippen molar-refractivity contribution in [2.24, 2.45) is 5.92 Å². The number of aliphatic hydroxyl groups excluding tert-OH is 1. The SMILES string of the molecule is O=C(C1CCCN(CC(O)c2cccs2)C1)N1CCCCCC1. The molecule has 1 aromatic heterocycles. The second kappa shape index (κ2) is 8.27. The number of carbonyl (C=O) groups excluding carboxylic acids is 1. The van der Waals surface area contributed by atoms with Gasteiger partial charge < -0.3 is 10.0 Å². The largest absolute Gasteiger partial charge is 0.386 e. The molecule has 2 saturated heterocycles. The van der Waals surface area contributed by atoms with Gasteiger partial charge in [0.2, 0.25) is 5.91 Å². The van der Waals surface area contributed by atoms with Crippen LogP contribution in [0.5, 0.6) is 0 Å². The molecule has 1 N–H and O–H groups in total. The number of hydrogen-bond acceptors (Lipinski definition) is 4. The Bertz CT molecular complexity index is 483. The van der Waals surface area contributed by atoms with Gasteiger partial charge in [-0.3, -0.25) is 9.69 Å². The zero-order chi connectivity index (χ0) is 16.1. The molecular weight excluding hydrogens is 308 g/mol. The predicted molar refractivity (Wildman–Crippen MR) is 93.5 cm³/mol. The number of piperidine rings is 1. The third-order valence-corrected chi connectivity index (χ3v) is 6.05. The summed E-state index contributed by atoms with van der Waals surface area (Å²) < 4.78 is 0. The maximum absolute atomic E-state index is 12.8. The third kappa shape index (κ3) is 4.55. The van der Waals surface area contributed by atoms with Gasteiger partial charge in [-0.1, -0.05) is 18.9 Å². The van der Waals surface area contributed by atoms with Gasteiger partial charge in [0, 0.05) is 31.1 Å². The van der Waals surface area contributed by atoms with Gasteiger partial charge in [-0.05, 0) is 43.7 Å². The number of nitrogens with zero attached hydrogens (tertiary/aromatic N) is 2. The van der Waals surface area contributed by atoms with Gasteiger partial charge in [-0.15, -0.1) is 11.3 Å². The number of carbonyl (C=O) groups is 1. The van der Waals surface area contributed by atoms with E-state index in [9.17, 15) is 9.90 Å². The standard InChI is InChI=1S/C18H28N2O2S/c21-16(17-8-6-12-23-17)14-19-9-5-7-15(13-19)18(22)20-10-3-1-2-4-11-20/h6,8,12,15-16,21H,1-5,7,9-11,13-14H2. The van der Waals surface area contributed by atoms with Gasteiger partial charge in [0.1, 0.15) is 6.10 Å². The van der Waals surface area contributed by atoms with Gasteiger partial charge in [0.05, 0.1) is 5.92 Å². The summed E-state index contributed by atoms with van der Waals surface area (Å²) in [6.07, 6.45) is 6.45. The van der Waals surface area contributed by atoms with Crippen LogP contribution in [-0.2, 0) is 4.79 Å². The van der Waals surface area contributed by atoms with Crippen LogP contribution >= 0.6 is 11.3 Å². The van der Waals surface area contributed by atoms with Crippen molar-refractivity contribution in [3.63, 3.8) is 0 Å². The van der Waals surface area contributed by atoms with Crippen molar-refractivity contribution in [3.8, 4) is 0 Å². The molecule has 1 aromatic rings. The van der Waals surface area contributed by atoms with Crippen LogP contribution in [0.3, 0.4) is 0 Å². The highest BCUT2D eigenvalue weighted by Gasteiger charge is 2.30. The van der Waals surface area contributed by atoms with Gasteiger partial charge in [-0.2, -0.15) is 0 Å². The van der Waals surface area contributed by atoms with Crippen molar-refractivity contribution >= 4 is 17.2 Å². The lowest BCUT2D eigenvalue weighted by Crippen LogP contribution is -2.46. The molecule has 0 saturated carbocycles. The molecule has 0 radical (unpaired) electrons. The molecule has 5 heteroatoms. The monoisotopic (exact) mass is 336 g/mol. The molecule has 2 atom stereocenters. The number of thiophene rings is 1. The summed E-state index contributed by atoms with van der Waals surface area (Å²) in [5.74, 6) is 0.472. The topological polar surface area (TPSA) is 43.8 Å². The highest BCUT2D eigenvalue weighted by atomic mass is 32.1. The summed E-state index contributed by atoms with van der Waals surface area (Å²) in [4.78, 5) is 18.2. The molecule has 3 heterocycles. The first kappa shape index (κ1) is 16.9. The molecule has 2 aliphatic heterocycles. The Morgan fingerprint density at radius 1 is 1.22 bits per heavy atom. The quantitative estimate of drug-likeness (QED) is 0.919.